The Hall–Kier alpha value is -1.15. The monoisotopic (exact) mass is 376 g/mol. The second kappa shape index (κ2) is 9.36. The van der Waals surface area contributed by atoms with Gasteiger partial charge in [-0.3, -0.25) is 0 Å². The summed E-state index contributed by atoms with van der Waals surface area (Å²) in [6, 6.07) is 3.37. The van der Waals surface area contributed by atoms with E-state index >= 15 is 0 Å². The van der Waals surface area contributed by atoms with Crippen LogP contribution in [0.2, 0.25) is 5.02 Å². The van der Waals surface area contributed by atoms with Crippen molar-refractivity contribution in [3.63, 3.8) is 0 Å². The van der Waals surface area contributed by atoms with Crippen LogP contribution in [0.1, 0.15) is 44.0 Å². The molecule has 1 atom stereocenters. The Bertz CT molecular complexity index is 660. The van der Waals surface area contributed by atoms with Crippen molar-refractivity contribution in [3.8, 4) is 0 Å². The Morgan fingerprint density at radius 2 is 1.96 bits per heavy atom. The highest BCUT2D eigenvalue weighted by atomic mass is 35.5. The van der Waals surface area contributed by atoms with Gasteiger partial charge >= 0.3 is 5.97 Å². The number of nitrogens with one attached hydrogen (secondary N) is 1. The summed E-state index contributed by atoms with van der Waals surface area (Å²) in [5.41, 5.74) is -0.117. The fourth-order valence-electron chi connectivity index (χ4n) is 2.39. The van der Waals surface area contributed by atoms with Gasteiger partial charge in [-0.15, -0.1) is 0 Å². The molecule has 0 spiro atoms. The molecule has 2 N–H and O–H groups in total. The van der Waals surface area contributed by atoms with Crippen LogP contribution in [0.15, 0.2) is 23.1 Å². The number of benzene rings is 1. The van der Waals surface area contributed by atoms with Crippen LogP contribution in [0, 0.1) is 0 Å². The first kappa shape index (κ1) is 20.9. The van der Waals surface area contributed by atoms with Crippen molar-refractivity contribution in [2.75, 3.05) is 19.6 Å². The average Bonchev–Trinajstić information content (AvgIpc) is 2.51. The molecule has 6 nitrogen and oxygen atoms in total. The number of hydrogen-bond donors (Lipinski definition) is 2. The fourth-order valence-corrected chi connectivity index (χ4v) is 4.19. The van der Waals surface area contributed by atoms with Crippen LogP contribution in [-0.4, -0.2) is 50.1 Å². The van der Waals surface area contributed by atoms with E-state index in [4.69, 9.17) is 16.7 Å². The van der Waals surface area contributed by atoms with Gasteiger partial charge in [0.05, 0.1) is 10.6 Å². The zero-order valence-electron chi connectivity index (χ0n) is 14.3. The third kappa shape index (κ3) is 6.05. The highest BCUT2D eigenvalue weighted by Gasteiger charge is 2.22. The van der Waals surface area contributed by atoms with E-state index in [-0.39, 0.29) is 21.5 Å². The van der Waals surface area contributed by atoms with Crippen molar-refractivity contribution < 1.29 is 18.3 Å². The number of nitrogens with zero attached hydrogens (tertiary/aromatic N) is 1. The number of rotatable bonds is 10. The van der Waals surface area contributed by atoms with E-state index < -0.39 is 16.0 Å². The molecule has 0 aliphatic carbocycles. The van der Waals surface area contributed by atoms with Crippen molar-refractivity contribution in [2.24, 2.45) is 0 Å². The van der Waals surface area contributed by atoms with Crippen molar-refractivity contribution >= 4 is 27.6 Å². The molecule has 136 valence electrons. The predicted octanol–water partition coefficient (Wildman–Crippen LogP) is 2.83. The van der Waals surface area contributed by atoms with Gasteiger partial charge in [0.15, 0.2) is 0 Å². The van der Waals surface area contributed by atoms with E-state index in [0.717, 1.165) is 32.1 Å². The third-order valence-electron chi connectivity index (χ3n) is 3.83. The standard InChI is InChI=1S/C16H25ClN2O4S/c1-4-19(5-2)10-6-7-12(3)18-24(22,23)15-11-13(16(20)21)8-9-14(15)17/h8-9,11-12,18H,4-7,10H2,1-3H3,(H,20,21)/t12-/m1/s1. The Morgan fingerprint density at radius 1 is 1.33 bits per heavy atom. The zero-order chi connectivity index (χ0) is 18.3. The number of carbonyl (C=O) groups is 1. The number of carboxylic acids is 1. The number of aromatic carboxylic acids is 1. The van der Waals surface area contributed by atoms with E-state index in [1.54, 1.807) is 6.92 Å². The molecule has 0 saturated heterocycles. The highest BCUT2D eigenvalue weighted by molar-refractivity contribution is 7.89. The maximum absolute atomic E-state index is 12.4. The number of hydrogen-bond acceptors (Lipinski definition) is 4. The Kier molecular flexibility index (Phi) is 8.15. The minimum atomic E-state index is -3.87. The second-order valence-electron chi connectivity index (χ2n) is 5.64. The van der Waals surface area contributed by atoms with Crippen LogP contribution >= 0.6 is 11.6 Å². The summed E-state index contributed by atoms with van der Waals surface area (Å²) >= 11 is 5.93. The molecule has 0 unspecified atom stereocenters. The van der Waals surface area contributed by atoms with E-state index in [9.17, 15) is 13.2 Å². The average molecular weight is 377 g/mol. The smallest absolute Gasteiger partial charge is 0.335 e. The topological polar surface area (TPSA) is 86.7 Å². The van der Waals surface area contributed by atoms with Crippen LogP contribution in [0.3, 0.4) is 0 Å². The number of carboxylic acid groups (broad SMARTS) is 1. The molecule has 0 fully saturated rings. The SMILES string of the molecule is CCN(CC)CCC[C@@H](C)NS(=O)(=O)c1cc(C(=O)O)ccc1Cl. The molecule has 1 aromatic carbocycles. The van der Waals surface area contributed by atoms with Crippen molar-refractivity contribution in [2.45, 2.75) is 44.6 Å². The molecule has 1 aromatic rings. The summed E-state index contributed by atoms with van der Waals surface area (Å²) in [4.78, 5) is 13.1. The molecule has 24 heavy (non-hydrogen) atoms. The van der Waals surface area contributed by atoms with E-state index in [1.165, 1.54) is 12.1 Å². The summed E-state index contributed by atoms with van der Waals surface area (Å²) in [6.45, 7) is 8.81. The Morgan fingerprint density at radius 3 is 2.50 bits per heavy atom. The lowest BCUT2D eigenvalue weighted by atomic mass is 10.2. The molecule has 0 aliphatic heterocycles. The second-order valence-corrected chi connectivity index (χ2v) is 7.73. The molecule has 8 heteroatoms. The normalized spacial score (nSPS) is 13.2. The van der Waals surface area contributed by atoms with Crippen LogP contribution in [0.25, 0.3) is 0 Å². The summed E-state index contributed by atoms with van der Waals surface area (Å²) < 4.78 is 27.5. The van der Waals surface area contributed by atoms with Gasteiger partial charge in [0.25, 0.3) is 0 Å². The lowest BCUT2D eigenvalue weighted by Crippen LogP contribution is -2.34. The van der Waals surface area contributed by atoms with Gasteiger partial charge in [-0.1, -0.05) is 25.4 Å². The highest BCUT2D eigenvalue weighted by Crippen LogP contribution is 2.23. The lowest BCUT2D eigenvalue weighted by Gasteiger charge is -2.20. The lowest BCUT2D eigenvalue weighted by molar-refractivity contribution is 0.0696. The summed E-state index contributed by atoms with van der Waals surface area (Å²) in [5, 5.41) is 9.00. The van der Waals surface area contributed by atoms with Crippen LogP contribution in [0.5, 0.6) is 0 Å². The van der Waals surface area contributed by atoms with Gasteiger partial charge in [0, 0.05) is 6.04 Å². The molecule has 0 aliphatic rings. The summed E-state index contributed by atoms with van der Waals surface area (Å²) in [5.74, 6) is -1.20. The van der Waals surface area contributed by atoms with Gasteiger partial charge in [0.2, 0.25) is 10.0 Å². The molecule has 0 aromatic heterocycles. The predicted molar refractivity (Wildman–Crippen MR) is 95.2 cm³/mol. The maximum Gasteiger partial charge on any atom is 0.335 e. The molecule has 0 radical (unpaired) electrons. The van der Waals surface area contributed by atoms with Crippen LogP contribution in [0.4, 0.5) is 0 Å². The quantitative estimate of drug-likeness (QED) is 0.655. The molecular weight excluding hydrogens is 352 g/mol. The van der Waals surface area contributed by atoms with Gasteiger partial charge < -0.3 is 10.0 Å². The van der Waals surface area contributed by atoms with Gasteiger partial charge in [-0.2, -0.15) is 0 Å². The minimum absolute atomic E-state index is 0.00263. The maximum atomic E-state index is 12.4. The molecule has 0 bridgehead atoms. The fraction of sp³-hybridized carbons (Fsp3) is 0.562. The molecule has 0 amide bonds. The first-order valence-electron chi connectivity index (χ1n) is 7.98. The largest absolute Gasteiger partial charge is 0.478 e. The van der Waals surface area contributed by atoms with Crippen molar-refractivity contribution in [1.82, 2.24) is 9.62 Å². The first-order valence-corrected chi connectivity index (χ1v) is 9.84. The van der Waals surface area contributed by atoms with Crippen molar-refractivity contribution in [3.05, 3.63) is 28.8 Å². The van der Waals surface area contributed by atoms with Gasteiger partial charge in [0.1, 0.15) is 4.90 Å². The molecular formula is C16H25ClN2O4S. The van der Waals surface area contributed by atoms with Crippen LogP contribution < -0.4 is 4.72 Å². The van der Waals surface area contributed by atoms with Crippen molar-refractivity contribution in [1.29, 1.82) is 0 Å². The van der Waals surface area contributed by atoms with E-state index in [1.807, 2.05) is 0 Å². The van der Waals surface area contributed by atoms with Crippen LogP contribution in [-0.2, 0) is 10.0 Å². The molecule has 0 saturated carbocycles. The number of sulfonamides is 1. The van der Waals surface area contributed by atoms with E-state index in [2.05, 4.69) is 23.5 Å². The van der Waals surface area contributed by atoms with Gasteiger partial charge in [-0.25, -0.2) is 17.9 Å². The molecule has 0 heterocycles. The molecule has 1 rings (SSSR count). The summed E-state index contributed by atoms with van der Waals surface area (Å²) in [6.07, 6.45) is 1.56. The third-order valence-corrected chi connectivity index (χ3v) is 5.90. The van der Waals surface area contributed by atoms with E-state index in [0.29, 0.717) is 6.42 Å². The Labute approximate surface area is 148 Å². The number of halogens is 1. The first-order chi connectivity index (χ1) is 11.2. The summed E-state index contributed by atoms with van der Waals surface area (Å²) in [7, 11) is -3.87. The minimum Gasteiger partial charge on any atom is -0.478 e. The van der Waals surface area contributed by atoms with Gasteiger partial charge in [-0.05, 0) is 57.6 Å². The zero-order valence-corrected chi connectivity index (χ0v) is 15.8. The Balaban J connectivity index is 2.75.